The molecule has 1 aliphatic carbocycles. The highest BCUT2D eigenvalue weighted by Crippen LogP contribution is 2.46. The highest BCUT2D eigenvalue weighted by molar-refractivity contribution is 6.11. The van der Waals surface area contributed by atoms with Crippen LogP contribution in [-0.2, 0) is 7.05 Å². The van der Waals surface area contributed by atoms with Gasteiger partial charge in [-0.25, -0.2) is 4.85 Å². The van der Waals surface area contributed by atoms with Crippen LogP contribution in [0.4, 0.5) is 5.69 Å². The van der Waals surface area contributed by atoms with Crippen molar-refractivity contribution >= 4 is 27.6 Å². The molecule has 2 aromatic heterocycles. The van der Waals surface area contributed by atoms with Crippen LogP contribution in [0.1, 0.15) is 72.8 Å². The lowest BCUT2D eigenvalue weighted by atomic mass is 9.82. The molecule has 4 aromatic rings. The Morgan fingerprint density at radius 1 is 1.06 bits per heavy atom. The monoisotopic (exact) mass is 428 g/mol. The lowest BCUT2D eigenvalue weighted by Crippen LogP contribution is -2.36. The molecule has 0 bridgehead atoms. The summed E-state index contributed by atoms with van der Waals surface area (Å²) in [5.74, 6) is -0.874. The minimum Gasteiger partial charge on any atom is -0.456 e. The van der Waals surface area contributed by atoms with Gasteiger partial charge in [-0.15, -0.1) is 0 Å². The summed E-state index contributed by atoms with van der Waals surface area (Å²) < 4.78 is 50.8. The fourth-order valence-corrected chi connectivity index (χ4v) is 5.11. The van der Waals surface area contributed by atoms with Crippen LogP contribution in [0.5, 0.6) is 0 Å². The van der Waals surface area contributed by atoms with E-state index in [2.05, 4.69) is 4.85 Å². The summed E-state index contributed by atoms with van der Waals surface area (Å²) in [6.07, 6.45) is 4.39. The zero-order valence-corrected chi connectivity index (χ0v) is 19.1. The SMILES string of the molecule is [2H]c1c(C)c(C([2H])([2H])[2H])c(C)[n+](C)c1-c1c(C)ccc2c1oc1c(C3([2H])CCCCC3)c([N+]#[C-])ccc12. The van der Waals surface area contributed by atoms with E-state index in [-0.39, 0.29) is 11.6 Å². The smallest absolute Gasteiger partial charge is 0.216 e. The van der Waals surface area contributed by atoms with E-state index < -0.39 is 12.7 Å². The minimum atomic E-state index is -2.33. The minimum absolute atomic E-state index is 0.154. The fourth-order valence-electron chi connectivity index (χ4n) is 5.11. The molecule has 0 unspecified atom stereocenters. The quantitative estimate of drug-likeness (QED) is 0.235. The summed E-state index contributed by atoms with van der Waals surface area (Å²) in [6.45, 7) is 10.9. The molecule has 0 saturated heterocycles. The summed E-state index contributed by atoms with van der Waals surface area (Å²) in [4.78, 5) is 3.78. The third kappa shape index (κ3) is 3.05. The maximum absolute atomic E-state index is 9.34. The Morgan fingerprint density at radius 2 is 1.78 bits per heavy atom. The number of aryl methyl sites for hydroxylation is 1. The number of aromatic nitrogens is 1. The molecule has 0 amide bonds. The largest absolute Gasteiger partial charge is 0.456 e. The summed E-state index contributed by atoms with van der Waals surface area (Å²) in [5, 5.41) is 1.72. The second kappa shape index (κ2) is 7.78. The Morgan fingerprint density at radius 3 is 2.50 bits per heavy atom. The number of furan rings is 1. The Bertz CT molecular complexity index is 1590. The van der Waals surface area contributed by atoms with E-state index in [0.29, 0.717) is 52.2 Å². The predicted octanol–water partition coefficient (Wildman–Crippen LogP) is 7.91. The maximum Gasteiger partial charge on any atom is 0.216 e. The third-order valence-electron chi connectivity index (χ3n) is 7.05. The molecule has 2 aromatic carbocycles. The van der Waals surface area contributed by atoms with Crippen LogP contribution in [0.15, 0.2) is 34.7 Å². The Balaban J connectivity index is 1.89. The summed E-state index contributed by atoms with van der Waals surface area (Å²) in [7, 11) is 1.79. The highest BCUT2D eigenvalue weighted by Gasteiger charge is 2.27. The van der Waals surface area contributed by atoms with Crippen LogP contribution in [0.3, 0.4) is 0 Å². The summed E-state index contributed by atoms with van der Waals surface area (Å²) in [5.41, 5.74) is 5.76. The molecule has 0 atom stereocenters. The molecule has 5 rings (SSSR count). The molecule has 0 aliphatic heterocycles. The van der Waals surface area contributed by atoms with Crippen molar-refractivity contribution in [2.45, 2.75) is 65.6 Å². The lowest BCUT2D eigenvalue weighted by Gasteiger charge is -2.23. The van der Waals surface area contributed by atoms with E-state index in [4.69, 9.17) is 16.5 Å². The fraction of sp³-hybridized carbons (Fsp3) is 0.379. The molecule has 3 nitrogen and oxygen atoms in total. The van der Waals surface area contributed by atoms with Crippen molar-refractivity contribution < 1.29 is 15.8 Å². The predicted molar refractivity (Wildman–Crippen MR) is 131 cm³/mol. The van der Waals surface area contributed by atoms with Gasteiger partial charge < -0.3 is 4.42 Å². The van der Waals surface area contributed by atoms with Gasteiger partial charge in [0, 0.05) is 40.3 Å². The first kappa shape index (κ1) is 15.6. The average Bonchev–Trinajstić information content (AvgIpc) is 3.21. The van der Waals surface area contributed by atoms with Crippen LogP contribution in [-0.4, -0.2) is 0 Å². The molecule has 0 N–H and O–H groups in total. The van der Waals surface area contributed by atoms with Gasteiger partial charge in [-0.1, -0.05) is 43.5 Å². The van der Waals surface area contributed by atoms with Crippen molar-refractivity contribution in [2.75, 3.05) is 0 Å². The zero-order chi connectivity index (χ0) is 26.9. The van der Waals surface area contributed by atoms with Crippen LogP contribution in [0.25, 0.3) is 38.0 Å². The standard InChI is InChI=1S/C29H31N2O/c1-17-12-13-22-23-14-15-24(30-5)27(21-10-8-7-9-11-21)29(23)32-28(22)26(17)25-16-18(2)19(3)20(4)31(25)6/h12-16,21H,7-11H2,1-4,6H3/q+1/i3D3,16D,21D. The number of fused-ring (bicyclic) bond motifs is 3. The third-order valence-corrected chi connectivity index (χ3v) is 7.05. The lowest BCUT2D eigenvalue weighted by molar-refractivity contribution is -0.667. The number of benzene rings is 2. The van der Waals surface area contributed by atoms with Crippen LogP contribution in [0, 0.1) is 34.2 Å². The van der Waals surface area contributed by atoms with Gasteiger partial charge in [0.1, 0.15) is 18.2 Å². The van der Waals surface area contributed by atoms with Gasteiger partial charge in [0.05, 0.1) is 13.5 Å². The Labute approximate surface area is 197 Å². The van der Waals surface area contributed by atoms with Crippen molar-refractivity contribution in [3.63, 3.8) is 0 Å². The van der Waals surface area contributed by atoms with Crippen molar-refractivity contribution in [1.82, 2.24) is 0 Å². The second-order valence-corrected chi connectivity index (χ2v) is 8.97. The van der Waals surface area contributed by atoms with E-state index in [9.17, 15) is 1.37 Å². The van der Waals surface area contributed by atoms with E-state index in [0.717, 1.165) is 41.2 Å². The first-order valence-corrected chi connectivity index (χ1v) is 11.3. The van der Waals surface area contributed by atoms with Crippen LogP contribution in [0.2, 0.25) is 0 Å². The topological polar surface area (TPSA) is 21.4 Å². The number of rotatable bonds is 2. The number of nitrogens with zero attached hydrogens (tertiary/aromatic N) is 2. The molecule has 1 saturated carbocycles. The second-order valence-electron chi connectivity index (χ2n) is 8.97. The van der Waals surface area contributed by atoms with E-state index >= 15 is 0 Å². The molecule has 162 valence electrons. The molecule has 1 aliphatic rings. The van der Waals surface area contributed by atoms with Gasteiger partial charge in [-0.3, -0.25) is 0 Å². The number of pyridine rings is 1. The highest BCUT2D eigenvalue weighted by atomic mass is 16.3. The van der Waals surface area contributed by atoms with Gasteiger partial charge in [-0.2, -0.15) is 4.57 Å². The van der Waals surface area contributed by atoms with Crippen molar-refractivity contribution in [2.24, 2.45) is 7.05 Å². The van der Waals surface area contributed by atoms with Crippen LogP contribution >= 0.6 is 0 Å². The molecule has 3 heteroatoms. The van der Waals surface area contributed by atoms with E-state index in [1.807, 2.05) is 25.1 Å². The van der Waals surface area contributed by atoms with Crippen molar-refractivity contribution in [3.8, 4) is 11.3 Å². The first-order chi connectivity index (χ1) is 17.4. The molecule has 2 heterocycles. The molecule has 1 fully saturated rings. The normalized spacial score (nSPS) is 18.5. The Hall–Kier alpha value is -3.12. The van der Waals surface area contributed by atoms with E-state index in [1.54, 1.807) is 31.5 Å². The molecular weight excluding hydrogens is 392 g/mol. The summed E-state index contributed by atoms with van der Waals surface area (Å²) in [6, 6.07) is 7.85. The van der Waals surface area contributed by atoms with Crippen LogP contribution < -0.4 is 4.57 Å². The maximum atomic E-state index is 9.34. The zero-order valence-electron chi connectivity index (χ0n) is 24.1. The molecule has 0 radical (unpaired) electrons. The van der Waals surface area contributed by atoms with Gasteiger partial charge in [0.25, 0.3) is 0 Å². The van der Waals surface area contributed by atoms with E-state index in [1.165, 1.54) is 0 Å². The Kier molecular flexibility index (Phi) is 3.80. The first-order valence-electron chi connectivity index (χ1n) is 13.8. The van der Waals surface area contributed by atoms with Gasteiger partial charge >= 0.3 is 0 Å². The molecular formula is C29H31N2O+. The number of hydrogen-bond acceptors (Lipinski definition) is 1. The number of hydrogen-bond donors (Lipinski definition) is 0. The van der Waals surface area contributed by atoms with Crippen molar-refractivity contribution in [1.29, 1.82) is 0 Å². The molecule has 0 spiro atoms. The van der Waals surface area contributed by atoms with Crippen molar-refractivity contribution in [3.05, 3.63) is 69.7 Å². The van der Waals surface area contributed by atoms with Gasteiger partial charge in [0.15, 0.2) is 11.4 Å². The molecule has 32 heavy (non-hydrogen) atoms. The average molecular weight is 429 g/mol. The van der Waals surface area contributed by atoms with Gasteiger partial charge in [-0.05, 0) is 50.6 Å². The van der Waals surface area contributed by atoms with Gasteiger partial charge in [0.2, 0.25) is 5.69 Å². The summed E-state index contributed by atoms with van der Waals surface area (Å²) >= 11 is 0.